The van der Waals surface area contributed by atoms with Gasteiger partial charge in [-0.15, -0.1) is 0 Å². The highest BCUT2D eigenvalue weighted by molar-refractivity contribution is 7.99. The van der Waals surface area contributed by atoms with E-state index in [0.29, 0.717) is 6.92 Å². The van der Waals surface area contributed by atoms with Crippen LogP contribution in [0.5, 0.6) is 0 Å². The summed E-state index contributed by atoms with van der Waals surface area (Å²) in [6.07, 6.45) is -2.06. The first-order valence-electron chi connectivity index (χ1n) is 6.14. The summed E-state index contributed by atoms with van der Waals surface area (Å²) in [4.78, 5) is 22.2. The molecule has 1 saturated heterocycles. The highest BCUT2D eigenvalue weighted by Crippen LogP contribution is 2.30. The Hall–Kier alpha value is -1.12. The number of carboxylic acids is 1. The first kappa shape index (κ1) is 16.9. The number of alkyl halides is 3. The van der Waals surface area contributed by atoms with Crippen LogP contribution in [0.2, 0.25) is 0 Å². The summed E-state index contributed by atoms with van der Waals surface area (Å²) in [5.41, 5.74) is -3.29. The molecule has 20 heavy (non-hydrogen) atoms. The van der Waals surface area contributed by atoms with Crippen molar-refractivity contribution in [2.24, 2.45) is 0 Å². The lowest BCUT2D eigenvalue weighted by Crippen LogP contribution is -2.63. The van der Waals surface area contributed by atoms with Crippen molar-refractivity contribution in [3.63, 3.8) is 0 Å². The number of carbonyl (C=O) groups is 2. The number of nitrogens with one attached hydrogen (secondary N) is 2. The number of carboxylic acid groups (broad SMARTS) is 1. The number of rotatable bonds is 4. The second kappa shape index (κ2) is 6.55. The standard InChI is InChI=1S/C11H17F3N2O3S/c1-10(8(17)18,11(12,13)14)16-9(19)15-6-7-4-2-3-5-20-7/h7H,2-6H2,1H3,(H,17,18)(H2,15,16,19). The van der Waals surface area contributed by atoms with Crippen molar-refractivity contribution in [3.8, 4) is 0 Å². The van der Waals surface area contributed by atoms with Crippen LogP contribution in [0.1, 0.15) is 26.2 Å². The Morgan fingerprint density at radius 3 is 2.45 bits per heavy atom. The highest BCUT2D eigenvalue weighted by Gasteiger charge is 2.58. The topological polar surface area (TPSA) is 78.4 Å². The van der Waals surface area contributed by atoms with Gasteiger partial charge < -0.3 is 15.7 Å². The zero-order valence-electron chi connectivity index (χ0n) is 10.9. The van der Waals surface area contributed by atoms with Crippen LogP contribution >= 0.6 is 11.8 Å². The lowest BCUT2D eigenvalue weighted by Gasteiger charge is -2.29. The van der Waals surface area contributed by atoms with Crippen LogP contribution in [-0.2, 0) is 4.79 Å². The average Bonchev–Trinajstić information content (AvgIpc) is 2.36. The Morgan fingerprint density at radius 2 is 2.00 bits per heavy atom. The van der Waals surface area contributed by atoms with E-state index >= 15 is 0 Å². The molecule has 9 heteroatoms. The molecule has 0 aromatic carbocycles. The van der Waals surface area contributed by atoms with Crippen molar-refractivity contribution >= 4 is 23.8 Å². The van der Waals surface area contributed by atoms with Crippen molar-refractivity contribution in [1.29, 1.82) is 0 Å². The van der Waals surface area contributed by atoms with Gasteiger partial charge in [0.25, 0.3) is 0 Å². The Kier molecular flexibility index (Phi) is 5.55. The number of thioether (sulfide) groups is 1. The molecule has 1 rings (SSSR count). The molecule has 1 fully saturated rings. The zero-order chi connectivity index (χ0) is 15.4. The third-order valence-corrected chi connectivity index (χ3v) is 4.52. The van der Waals surface area contributed by atoms with Crippen LogP contribution < -0.4 is 10.6 Å². The molecule has 0 spiro atoms. The SMILES string of the molecule is CC(NC(=O)NCC1CCCCS1)(C(=O)O)C(F)(F)F. The van der Waals surface area contributed by atoms with Gasteiger partial charge in [0.15, 0.2) is 0 Å². The fraction of sp³-hybridized carbons (Fsp3) is 0.818. The molecule has 2 amide bonds. The minimum atomic E-state index is -5.07. The molecule has 0 bridgehead atoms. The van der Waals surface area contributed by atoms with Gasteiger partial charge in [-0.05, 0) is 25.5 Å². The van der Waals surface area contributed by atoms with Gasteiger partial charge in [-0.2, -0.15) is 24.9 Å². The maximum Gasteiger partial charge on any atom is 0.422 e. The normalized spacial score (nSPS) is 22.7. The number of amides is 2. The molecule has 0 radical (unpaired) electrons. The van der Waals surface area contributed by atoms with E-state index in [1.165, 1.54) is 5.32 Å². The maximum atomic E-state index is 12.7. The molecule has 0 aromatic rings. The van der Waals surface area contributed by atoms with Crippen LogP contribution in [0.4, 0.5) is 18.0 Å². The number of halogens is 3. The molecule has 0 saturated carbocycles. The van der Waals surface area contributed by atoms with E-state index in [1.807, 2.05) is 0 Å². The number of aliphatic carboxylic acids is 1. The lowest BCUT2D eigenvalue weighted by molar-refractivity contribution is -0.203. The number of urea groups is 1. The monoisotopic (exact) mass is 314 g/mol. The smallest absolute Gasteiger partial charge is 0.422 e. The van der Waals surface area contributed by atoms with Crippen LogP contribution in [0, 0.1) is 0 Å². The molecule has 1 heterocycles. The van der Waals surface area contributed by atoms with Gasteiger partial charge in [-0.3, -0.25) is 0 Å². The second-order valence-electron chi connectivity index (χ2n) is 4.75. The Balaban J connectivity index is 2.52. The highest BCUT2D eigenvalue weighted by atomic mass is 32.2. The van der Waals surface area contributed by atoms with Gasteiger partial charge in [-0.25, -0.2) is 9.59 Å². The predicted octanol–water partition coefficient (Wildman–Crippen LogP) is 1.98. The van der Waals surface area contributed by atoms with Crippen LogP contribution in [0.3, 0.4) is 0 Å². The summed E-state index contributed by atoms with van der Waals surface area (Å²) in [7, 11) is 0. The molecular formula is C11H17F3N2O3S. The third kappa shape index (κ3) is 4.19. The third-order valence-electron chi connectivity index (χ3n) is 3.12. The molecular weight excluding hydrogens is 297 g/mol. The molecule has 5 nitrogen and oxygen atoms in total. The fourth-order valence-corrected chi connectivity index (χ4v) is 2.93. The minimum Gasteiger partial charge on any atom is -0.479 e. The van der Waals surface area contributed by atoms with Crippen LogP contribution in [0.25, 0.3) is 0 Å². The van der Waals surface area contributed by atoms with Gasteiger partial charge >= 0.3 is 18.2 Å². The molecule has 0 aromatic heterocycles. The second-order valence-corrected chi connectivity index (χ2v) is 6.16. The predicted molar refractivity (Wildman–Crippen MR) is 68.7 cm³/mol. The molecule has 1 aliphatic heterocycles. The summed E-state index contributed by atoms with van der Waals surface area (Å²) >= 11 is 1.65. The maximum absolute atomic E-state index is 12.7. The number of hydrogen-bond acceptors (Lipinski definition) is 3. The van der Waals surface area contributed by atoms with E-state index in [1.54, 1.807) is 11.8 Å². The largest absolute Gasteiger partial charge is 0.479 e. The summed E-state index contributed by atoms with van der Waals surface area (Å²) < 4.78 is 38.0. The van der Waals surface area contributed by atoms with E-state index in [0.717, 1.165) is 25.0 Å². The Morgan fingerprint density at radius 1 is 1.35 bits per heavy atom. The van der Waals surface area contributed by atoms with Gasteiger partial charge in [0.2, 0.25) is 5.54 Å². The van der Waals surface area contributed by atoms with Gasteiger partial charge in [-0.1, -0.05) is 6.42 Å². The molecule has 1 aliphatic rings. The van der Waals surface area contributed by atoms with Crippen molar-refractivity contribution in [3.05, 3.63) is 0 Å². The van der Waals surface area contributed by atoms with Crippen LogP contribution in [-0.4, -0.2) is 46.4 Å². The fourth-order valence-electron chi connectivity index (χ4n) is 1.69. The first-order chi connectivity index (χ1) is 9.17. The van der Waals surface area contributed by atoms with Gasteiger partial charge in [0, 0.05) is 11.8 Å². The molecule has 0 aliphatic carbocycles. The van der Waals surface area contributed by atoms with Crippen molar-refractivity contribution in [1.82, 2.24) is 10.6 Å². The number of hydrogen-bond donors (Lipinski definition) is 3. The van der Waals surface area contributed by atoms with E-state index in [9.17, 15) is 22.8 Å². The Bertz CT molecular complexity index is 372. The van der Waals surface area contributed by atoms with E-state index in [2.05, 4.69) is 5.32 Å². The summed E-state index contributed by atoms with van der Waals surface area (Å²) in [5.74, 6) is -1.18. The van der Waals surface area contributed by atoms with E-state index < -0.39 is 23.7 Å². The van der Waals surface area contributed by atoms with E-state index in [4.69, 9.17) is 5.11 Å². The van der Waals surface area contributed by atoms with Crippen molar-refractivity contribution < 1.29 is 27.9 Å². The average molecular weight is 314 g/mol. The van der Waals surface area contributed by atoms with Crippen LogP contribution in [0.15, 0.2) is 0 Å². The lowest BCUT2D eigenvalue weighted by atomic mass is 10.0. The van der Waals surface area contributed by atoms with E-state index in [-0.39, 0.29) is 11.8 Å². The van der Waals surface area contributed by atoms with Gasteiger partial charge in [0.1, 0.15) is 0 Å². The zero-order valence-corrected chi connectivity index (χ0v) is 11.7. The molecule has 2 unspecified atom stereocenters. The van der Waals surface area contributed by atoms with Crippen molar-refractivity contribution in [2.45, 2.75) is 43.2 Å². The Labute approximate surface area is 118 Å². The van der Waals surface area contributed by atoms with Crippen molar-refractivity contribution in [2.75, 3.05) is 12.3 Å². The molecule has 116 valence electrons. The number of carbonyl (C=O) groups excluding carboxylic acids is 1. The summed E-state index contributed by atoms with van der Waals surface area (Å²) in [6, 6.07) is -1.13. The van der Waals surface area contributed by atoms with Gasteiger partial charge in [0.05, 0.1) is 0 Å². The summed E-state index contributed by atoms with van der Waals surface area (Å²) in [5, 5.41) is 12.6. The minimum absolute atomic E-state index is 0.163. The first-order valence-corrected chi connectivity index (χ1v) is 7.19. The summed E-state index contributed by atoms with van der Waals surface area (Å²) in [6.45, 7) is 0.647. The quantitative estimate of drug-likeness (QED) is 0.741. The molecule has 2 atom stereocenters. The molecule has 3 N–H and O–H groups in total.